The minimum Gasteiger partial charge on any atom is -0.316 e. The van der Waals surface area contributed by atoms with Crippen LogP contribution < -0.4 is 5.32 Å². The van der Waals surface area contributed by atoms with E-state index in [-0.39, 0.29) is 0 Å². The molecule has 0 aromatic rings. The second kappa shape index (κ2) is 5.05. The van der Waals surface area contributed by atoms with E-state index in [0.717, 1.165) is 11.8 Å². The van der Waals surface area contributed by atoms with Crippen LogP contribution in [0.1, 0.15) is 40.0 Å². The molecule has 0 amide bonds. The number of likely N-dealkylation sites (tertiary alicyclic amines) is 1. The number of nitrogens with one attached hydrogen (secondary N) is 1. The molecule has 16 heavy (non-hydrogen) atoms. The highest BCUT2D eigenvalue weighted by molar-refractivity contribution is 4.90. The van der Waals surface area contributed by atoms with Crippen LogP contribution in [0, 0.1) is 17.3 Å². The summed E-state index contributed by atoms with van der Waals surface area (Å²) >= 11 is 0. The van der Waals surface area contributed by atoms with Crippen LogP contribution in [0.25, 0.3) is 0 Å². The van der Waals surface area contributed by atoms with Gasteiger partial charge in [0.1, 0.15) is 0 Å². The molecule has 1 N–H and O–H groups in total. The molecule has 2 rings (SSSR count). The van der Waals surface area contributed by atoms with Gasteiger partial charge < -0.3 is 10.2 Å². The number of hydrogen-bond acceptors (Lipinski definition) is 2. The summed E-state index contributed by atoms with van der Waals surface area (Å²) in [7, 11) is 0. The van der Waals surface area contributed by atoms with Crippen LogP contribution in [0.4, 0.5) is 0 Å². The Morgan fingerprint density at radius 3 is 2.50 bits per heavy atom. The van der Waals surface area contributed by atoms with Gasteiger partial charge >= 0.3 is 0 Å². The molecule has 0 radical (unpaired) electrons. The monoisotopic (exact) mass is 224 g/mol. The van der Waals surface area contributed by atoms with Gasteiger partial charge in [-0.05, 0) is 56.1 Å². The molecule has 2 atom stereocenters. The summed E-state index contributed by atoms with van der Waals surface area (Å²) in [5, 5.41) is 3.52. The lowest BCUT2D eigenvalue weighted by molar-refractivity contribution is 0.210. The van der Waals surface area contributed by atoms with E-state index >= 15 is 0 Å². The van der Waals surface area contributed by atoms with Crippen molar-refractivity contribution < 1.29 is 0 Å². The molecule has 0 saturated carbocycles. The van der Waals surface area contributed by atoms with Gasteiger partial charge in [0.15, 0.2) is 0 Å². The van der Waals surface area contributed by atoms with Gasteiger partial charge in [-0.2, -0.15) is 0 Å². The first-order valence-electron chi connectivity index (χ1n) is 7.12. The van der Waals surface area contributed by atoms with Crippen LogP contribution in [-0.4, -0.2) is 37.6 Å². The van der Waals surface area contributed by atoms with Crippen LogP contribution in [0.15, 0.2) is 0 Å². The third kappa shape index (κ3) is 2.43. The Morgan fingerprint density at radius 2 is 2.00 bits per heavy atom. The smallest absolute Gasteiger partial charge is 0.00384 e. The quantitative estimate of drug-likeness (QED) is 0.788. The van der Waals surface area contributed by atoms with E-state index < -0.39 is 0 Å². The molecular formula is C14H28N2. The highest BCUT2D eigenvalue weighted by Crippen LogP contribution is 2.37. The second-order valence-corrected chi connectivity index (χ2v) is 6.09. The largest absolute Gasteiger partial charge is 0.316 e. The molecule has 2 heteroatoms. The van der Waals surface area contributed by atoms with Crippen molar-refractivity contribution in [1.29, 1.82) is 0 Å². The summed E-state index contributed by atoms with van der Waals surface area (Å²) in [6.45, 7) is 13.6. The minimum absolute atomic E-state index is 0.648. The van der Waals surface area contributed by atoms with Gasteiger partial charge in [0.05, 0.1) is 0 Å². The third-order valence-electron chi connectivity index (χ3n) is 5.19. The molecule has 0 aromatic heterocycles. The Labute approximate surface area is 101 Å². The molecule has 2 unspecified atom stereocenters. The molecule has 0 bridgehead atoms. The standard InChI is InChI=1S/C14H28N2/c1-4-14(5-2)6-7-16(11-14)10-13-9-15-8-12(13)3/h12-13,15H,4-11H2,1-3H3. The zero-order chi connectivity index (χ0) is 11.6. The van der Waals surface area contributed by atoms with E-state index in [1.54, 1.807) is 0 Å². The lowest BCUT2D eigenvalue weighted by Crippen LogP contribution is -2.32. The van der Waals surface area contributed by atoms with Crippen LogP contribution in [0.3, 0.4) is 0 Å². The van der Waals surface area contributed by atoms with E-state index in [4.69, 9.17) is 0 Å². The first-order valence-corrected chi connectivity index (χ1v) is 7.12. The van der Waals surface area contributed by atoms with E-state index in [2.05, 4.69) is 31.0 Å². The van der Waals surface area contributed by atoms with E-state index in [0.29, 0.717) is 5.41 Å². The molecule has 2 aliphatic heterocycles. The van der Waals surface area contributed by atoms with Gasteiger partial charge in [0.2, 0.25) is 0 Å². The summed E-state index contributed by atoms with van der Waals surface area (Å²) in [6.07, 6.45) is 4.14. The number of nitrogens with zero attached hydrogens (tertiary/aromatic N) is 1. The Kier molecular flexibility index (Phi) is 3.91. The fourth-order valence-electron chi connectivity index (χ4n) is 3.45. The average Bonchev–Trinajstić information content (AvgIpc) is 2.88. The summed E-state index contributed by atoms with van der Waals surface area (Å²) in [5.74, 6) is 1.77. The molecule has 2 saturated heterocycles. The zero-order valence-corrected chi connectivity index (χ0v) is 11.3. The summed E-state index contributed by atoms with van der Waals surface area (Å²) in [4.78, 5) is 2.72. The summed E-state index contributed by atoms with van der Waals surface area (Å²) in [6, 6.07) is 0. The van der Waals surface area contributed by atoms with Crippen molar-refractivity contribution in [3.63, 3.8) is 0 Å². The van der Waals surface area contributed by atoms with Crippen molar-refractivity contribution in [2.45, 2.75) is 40.0 Å². The molecule has 2 nitrogen and oxygen atoms in total. The Morgan fingerprint density at radius 1 is 1.25 bits per heavy atom. The van der Waals surface area contributed by atoms with Crippen molar-refractivity contribution in [2.24, 2.45) is 17.3 Å². The van der Waals surface area contributed by atoms with E-state index in [1.165, 1.54) is 52.0 Å². The van der Waals surface area contributed by atoms with Crippen molar-refractivity contribution in [1.82, 2.24) is 10.2 Å². The van der Waals surface area contributed by atoms with Crippen LogP contribution in [-0.2, 0) is 0 Å². The average molecular weight is 224 g/mol. The minimum atomic E-state index is 0.648. The Hall–Kier alpha value is -0.0800. The van der Waals surface area contributed by atoms with Crippen LogP contribution in [0.5, 0.6) is 0 Å². The van der Waals surface area contributed by atoms with Crippen molar-refractivity contribution >= 4 is 0 Å². The highest BCUT2D eigenvalue weighted by atomic mass is 15.2. The highest BCUT2D eigenvalue weighted by Gasteiger charge is 2.36. The van der Waals surface area contributed by atoms with Crippen LogP contribution >= 0.6 is 0 Å². The molecule has 2 aliphatic rings. The van der Waals surface area contributed by atoms with Crippen molar-refractivity contribution in [2.75, 3.05) is 32.7 Å². The Balaban J connectivity index is 1.84. The first-order chi connectivity index (χ1) is 7.69. The lowest BCUT2D eigenvalue weighted by atomic mass is 9.82. The first kappa shape index (κ1) is 12.4. The molecule has 0 spiro atoms. The van der Waals surface area contributed by atoms with Gasteiger partial charge in [-0.3, -0.25) is 0 Å². The maximum Gasteiger partial charge on any atom is 0.00384 e. The Bertz CT molecular complexity index is 223. The molecular weight excluding hydrogens is 196 g/mol. The van der Waals surface area contributed by atoms with Gasteiger partial charge in [0, 0.05) is 13.1 Å². The fraction of sp³-hybridized carbons (Fsp3) is 1.00. The fourth-order valence-corrected chi connectivity index (χ4v) is 3.45. The summed E-state index contributed by atoms with van der Waals surface area (Å²) < 4.78 is 0. The molecule has 2 fully saturated rings. The summed E-state index contributed by atoms with van der Waals surface area (Å²) in [5.41, 5.74) is 0.648. The second-order valence-electron chi connectivity index (χ2n) is 6.09. The van der Waals surface area contributed by atoms with E-state index in [9.17, 15) is 0 Å². The van der Waals surface area contributed by atoms with Crippen molar-refractivity contribution in [3.05, 3.63) is 0 Å². The maximum atomic E-state index is 3.52. The molecule has 2 heterocycles. The predicted octanol–water partition coefficient (Wildman–Crippen LogP) is 2.35. The lowest BCUT2D eigenvalue weighted by Gasteiger charge is -2.28. The van der Waals surface area contributed by atoms with Gasteiger partial charge in [-0.25, -0.2) is 0 Å². The number of hydrogen-bond donors (Lipinski definition) is 1. The third-order valence-corrected chi connectivity index (χ3v) is 5.19. The van der Waals surface area contributed by atoms with Gasteiger partial charge in [0.25, 0.3) is 0 Å². The van der Waals surface area contributed by atoms with Gasteiger partial charge in [-0.1, -0.05) is 20.8 Å². The SMILES string of the molecule is CCC1(CC)CCN(CC2CNCC2C)C1. The van der Waals surface area contributed by atoms with Crippen molar-refractivity contribution in [3.8, 4) is 0 Å². The normalized spacial score (nSPS) is 34.7. The molecule has 0 aliphatic carbocycles. The molecule has 0 aromatic carbocycles. The maximum absolute atomic E-state index is 3.52. The van der Waals surface area contributed by atoms with Crippen LogP contribution in [0.2, 0.25) is 0 Å². The topological polar surface area (TPSA) is 15.3 Å². The number of rotatable bonds is 4. The van der Waals surface area contributed by atoms with E-state index in [1.807, 2.05) is 0 Å². The predicted molar refractivity (Wildman–Crippen MR) is 69.6 cm³/mol. The zero-order valence-electron chi connectivity index (χ0n) is 11.3. The van der Waals surface area contributed by atoms with Gasteiger partial charge in [-0.15, -0.1) is 0 Å². The molecule has 94 valence electrons.